The van der Waals surface area contributed by atoms with Crippen LogP contribution < -0.4 is 4.90 Å². The summed E-state index contributed by atoms with van der Waals surface area (Å²) in [7, 11) is 0. The maximum atomic E-state index is 13.2. The summed E-state index contributed by atoms with van der Waals surface area (Å²) in [4.78, 5) is 24.3. The highest BCUT2D eigenvalue weighted by Gasteiger charge is 2.30. The fourth-order valence-electron chi connectivity index (χ4n) is 4.48. The van der Waals surface area contributed by atoms with E-state index >= 15 is 0 Å². The van der Waals surface area contributed by atoms with Gasteiger partial charge >= 0.3 is 0 Å². The number of rotatable bonds is 4. The number of likely N-dealkylation sites (tertiary alicyclic amines) is 1. The number of anilines is 1. The highest BCUT2D eigenvalue weighted by atomic mass is 16.3. The van der Waals surface area contributed by atoms with Crippen molar-refractivity contribution in [3.05, 3.63) is 48.2 Å². The standard InChI is InChI=1S/C22H30N4O2/c1-18-15-23-8-7-21(18)25-10-4-11-26(13-12-25)22(27)19-5-2-9-24(16-19)17-20-6-3-14-28-20/h3,6-8,14-15,19H,2,4-5,9-13,16-17H2,1H3/t19-/m1/s1. The summed E-state index contributed by atoms with van der Waals surface area (Å²) in [5.41, 5.74) is 2.44. The smallest absolute Gasteiger partial charge is 0.227 e. The molecule has 0 spiro atoms. The van der Waals surface area contributed by atoms with Gasteiger partial charge in [0, 0.05) is 50.8 Å². The number of hydrogen-bond donors (Lipinski definition) is 0. The topological polar surface area (TPSA) is 52.8 Å². The predicted molar refractivity (Wildman–Crippen MR) is 109 cm³/mol. The number of piperidine rings is 1. The molecule has 0 aromatic carbocycles. The average molecular weight is 383 g/mol. The molecule has 2 aromatic rings. The molecule has 4 rings (SSSR count). The minimum atomic E-state index is 0.109. The van der Waals surface area contributed by atoms with Crippen LogP contribution in [0.3, 0.4) is 0 Å². The molecular weight excluding hydrogens is 352 g/mol. The summed E-state index contributed by atoms with van der Waals surface area (Å²) in [5, 5.41) is 0. The van der Waals surface area contributed by atoms with Crippen molar-refractivity contribution in [3.63, 3.8) is 0 Å². The molecule has 0 saturated carbocycles. The summed E-state index contributed by atoms with van der Waals surface area (Å²) >= 11 is 0. The molecule has 6 nitrogen and oxygen atoms in total. The Balaban J connectivity index is 1.35. The van der Waals surface area contributed by atoms with Gasteiger partial charge in [-0.25, -0.2) is 0 Å². The summed E-state index contributed by atoms with van der Waals surface area (Å²) in [5.74, 6) is 1.42. The van der Waals surface area contributed by atoms with Gasteiger partial charge in [-0.15, -0.1) is 0 Å². The lowest BCUT2D eigenvalue weighted by Gasteiger charge is -2.34. The Labute approximate surface area is 167 Å². The van der Waals surface area contributed by atoms with Crippen LogP contribution in [0.1, 0.15) is 30.6 Å². The van der Waals surface area contributed by atoms with Crippen LogP contribution in [0.2, 0.25) is 0 Å². The zero-order valence-electron chi connectivity index (χ0n) is 16.7. The molecule has 2 aliphatic heterocycles. The molecule has 0 unspecified atom stereocenters. The molecule has 2 fully saturated rings. The molecule has 2 saturated heterocycles. The number of nitrogens with zero attached hydrogens (tertiary/aromatic N) is 4. The van der Waals surface area contributed by atoms with Gasteiger partial charge in [0.05, 0.1) is 18.7 Å². The second-order valence-corrected chi connectivity index (χ2v) is 7.98. The van der Waals surface area contributed by atoms with Gasteiger partial charge < -0.3 is 14.2 Å². The minimum Gasteiger partial charge on any atom is -0.468 e. The Bertz CT molecular complexity index is 777. The summed E-state index contributed by atoms with van der Waals surface area (Å²) in [6.45, 7) is 8.31. The lowest BCUT2D eigenvalue weighted by molar-refractivity contribution is -0.137. The number of hydrogen-bond acceptors (Lipinski definition) is 5. The zero-order valence-corrected chi connectivity index (χ0v) is 16.7. The number of furan rings is 1. The van der Waals surface area contributed by atoms with Crippen molar-refractivity contribution < 1.29 is 9.21 Å². The van der Waals surface area contributed by atoms with Gasteiger partial charge in [-0.2, -0.15) is 0 Å². The molecule has 0 bridgehead atoms. The molecule has 150 valence electrons. The van der Waals surface area contributed by atoms with E-state index in [0.717, 1.165) is 70.8 Å². The van der Waals surface area contributed by atoms with Gasteiger partial charge in [0.2, 0.25) is 5.91 Å². The van der Waals surface area contributed by atoms with E-state index < -0.39 is 0 Å². The van der Waals surface area contributed by atoms with Crippen LogP contribution in [0, 0.1) is 12.8 Å². The van der Waals surface area contributed by atoms with Gasteiger partial charge in [0.25, 0.3) is 0 Å². The van der Waals surface area contributed by atoms with Gasteiger partial charge in [-0.1, -0.05) is 0 Å². The van der Waals surface area contributed by atoms with E-state index in [9.17, 15) is 4.79 Å². The predicted octanol–water partition coefficient (Wildman–Crippen LogP) is 2.93. The third-order valence-corrected chi connectivity index (χ3v) is 5.95. The molecule has 1 atom stereocenters. The molecular formula is C22H30N4O2. The SMILES string of the molecule is Cc1cnccc1N1CCCN(C(=O)[C@@H]2CCCN(Cc3ccco3)C2)CC1. The van der Waals surface area contributed by atoms with Crippen molar-refractivity contribution in [2.45, 2.75) is 32.7 Å². The molecule has 28 heavy (non-hydrogen) atoms. The largest absolute Gasteiger partial charge is 0.468 e. The van der Waals surface area contributed by atoms with Crippen molar-refractivity contribution in [2.75, 3.05) is 44.2 Å². The Morgan fingerprint density at radius 2 is 2.11 bits per heavy atom. The van der Waals surface area contributed by atoms with E-state index in [4.69, 9.17) is 4.42 Å². The van der Waals surface area contributed by atoms with E-state index in [-0.39, 0.29) is 5.92 Å². The first kappa shape index (κ1) is 19.0. The Hall–Kier alpha value is -2.34. The summed E-state index contributed by atoms with van der Waals surface area (Å²) in [6, 6.07) is 6.02. The summed E-state index contributed by atoms with van der Waals surface area (Å²) in [6.07, 6.45) is 8.57. The monoisotopic (exact) mass is 382 g/mol. The first-order valence-corrected chi connectivity index (χ1v) is 10.4. The number of carbonyl (C=O) groups excluding carboxylic acids is 1. The second-order valence-electron chi connectivity index (χ2n) is 7.98. The van der Waals surface area contributed by atoms with Gasteiger partial charge in [0.1, 0.15) is 5.76 Å². The molecule has 6 heteroatoms. The van der Waals surface area contributed by atoms with Crippen LogP contribution in [-0.4, -0.2) is 60.0 Å². The third kappa shape index (κ3) is 4.38. The molecule has 0 radical (unpaired) electrons. The molecule has 0 aliphatic carbocycles. The highest BCUT2D eigenvalue weighted by Crippen LogP contribution is 2.23. The van der Waals surface area contributed by atoms with Crippen molar-refractivity contribution in [3.8, 4) is 0 Å². The van der Waals surface area contributed by atoms with Gasteiger partial charge in [-0.3, -0.25) is 14.7 Å². The van der Waals surface area contributed by atoms with Crippen molar-refractivity contribution >= 4 is 11.6 Å². The summed E-state index contributed by atoms with van der Waals surface area (Å²) < 4.78 is 5.48. The molecule has 2 aliphatic rings. The molecule has 4 heterocycles. The van der Waals surface area contributed by atoms with Crippen LogP contribution in [0.15, 0.2) is 41.3 Å². The van der Waals surface area contributed by atoms with Crippen LogP contribution in [-0.2, 0) is 11.3 Å². The first-order valence-electron chi connectivity index (χ1n) is 10.4. The molecule has 0 N–H and O–H groups in total. The third-order valence-electron chi connectivity index (χ3n) is 5.95. The van der Waals surface area contributed by atoms with E-state index in [1.54, 1.807) is 6.26 Å². The second kappa shape index (κ2) is 8.78. The van der Waals surface area contributed by atoms with Gasteiger partial charge in [0.15, 0.2) is 0 Å². The van der Waals surface area contributed by atoms with Crippen molar-refractivity contribution in [1.29, 1.82) is 0 Å². The lowest BCUT2D eigenvalue weighted by Crippen LogP contribution is -2.45. The Morgan fingerprint density at radius 3 is 2.93 bits per heavy atom. The van der Waals surface area contributed by atoms with Crippen LogP contribution in [0.5, 0.6) is 0 Å². The van der Waals surface area contributed by atoms with E-state index in [2.05, 4.69) is 32.7 Å². The van der Waals surface area contributed by atoms with Crippen molar-refractivity contribution in [2.24, 2.45) is 5.92 Å². The van der Waals surface area contributed by atoms with Crippen LogP contribution >= 0.6 is 0 Å². The maximum Gasteiger partial charge on any atom is 0.227 e. The minimum absolute atomic E-state index is 0.109. The number of pyridine rings is 1. The molecule has 2 aromatic heterocycles. The fourth-order valence-corrected chi connectivity index (χ4v) is 4.48. The quantitative estimate of drug-likeness (QED) is 0.814. The van der Waals surface area contributed by atoms with Crippen molar-refractivity contribution in [1.82, 2.24) is 14.8 Å². The van der Waals surface area contributed by atoms with E-state index in [1.807, 2.05) is 24.5 Å². The Morgan fingerprint density at radius 1 is 1.18 bits per heavy atom. The van der Waals surface area contributed by atoms with Gasteiger partial charge in [-0.05, 0) is 56.5 Å². The lowest BCUT2D eigenvalue weighted by atomic mass is 9.96. The van der Waals surface area contributed by atoms with E-state index in [0.29, 0.717) is 5.91 Å². The van der Waals surface area contributed by atoms with E-state index in [1.165, 1.54) is 11.3 Å². The number of aromatic nitrogens is 1. The molecule has 1 amide bonds. The number of aryl methyl sites for hydroxylation is 1. The fraction of sp³-hybridized carbons (Fsp3) is 0.545. The first-order chi connectivity index (χ1) is 13.7. The van der Waals surface area contributed by atoms with Crippen LogP contribution in [0.25, 0.3) is 0 Å². The number of carbonyl (C=O) groups is 1. The Kier molecular flexibility index (Phi) is 5.95. The maximum absolute atomic E-state index is 13.2. The van der Waals surface area contributed by atoms with Crippen LogP contribution in [0.4, 0.5) is 5.69 Å². The average Bonchev–Trinajstić information content (AvgIpc) is 3.10. The highest BCUT2D eigenvalue weighted by molar-refractivity contribution is 5.79. The normalized spacial score (nSPS) is 21.5. The zero-order chi connectivity index (χ0) is 19.3. The number of amides is 1.